The lowest BCUT2D eigenvalue weighted by atomic mass is 10.0. The molecular formula is C50H96O6. The number of hydrogen-bond acceptors (Lipinski definition) is 6. The van der Waals surface area contributed by atoms with Gasteiger partial charge in [-0.25, -0.2) is 0 Å². The van der Waals surface area contributed by atoms with E-state index in [2.05, 4.69) is 34.6 Å². The molecule has 0 rings (SSSR count). The van der Waals surface area contributed by atoms with Crippen molar-refractivity contribution in [2.24, 2.45) is 11.8 Å². The number of esters is 3. The highest BCUT2D eigenvalue weighted by Gasteiger charge is 2.19. The molecule has 0 aliphatic carbocycles. The van der Waals surface area contributed by atoms with Crippen LogP contribution in [-0.2, 0) is 28.6 Å². The zero-order chi connectivity index (χ0) is 41.2. The predicted molar refractivity (Wildman–Crippen MR) is 238 cm³/mol. The van der Waals surface area contributed by atoms with Gasteiger partial charge in [0.15, 0.2) is 6.10 Å². The van der Waals surface area contributed by atoms with E-state index < -0.39 is 6.10 Å². The topological polar surface area (TPSA) is 78.9 Å². The summed E-state index contributed by atoms with van der Waals surface area (Å²) in [5.74, 6) is 0.777. The van der Waals surface area contributed by atoms with Gasteiger partial charge < -0.3 is 14.2 Å². The fourth-order valence-corrected chi connectivity index (χ4v) is 7.46. The molecule has 6 nitrogen and oxygen atoms in total. The average Bonchev–Trinajstić information content (AvgIpc) is 3.16. The molecule has 0 radical (unpaired) electrons. The smallest absolute Gasteiger partial charge is 0.306 e. The van der Waals surface area contributed by atoms with Crippen LogP contribution in [0, 0.1) is 11.8 Å². The molecule has 0 aromatic heterocycles. The molecule has 0 amide bonds. The molecule has 0 heterocycles. The molecule has 6 heteroatoms. The highest BCUT2D eigenvalue weighted by atomic mass is 16.6. The molecule has 56 heavy (non-hydrogen) atoms. The highest BCUT2D eigenvalue weighted by molar-refractivity contribution is 5.71. The Hall–Kier alpha value is -1.59. The lowest BCUT2D eigenvalue weighted by Gasteiger charge is -2.18. The van der Waals surface area contributed by atoms with Gasteiger partial charge in [0.25, 0.3) is 0 Å². The van der Waals surface area contributed by atoms with Crippen molar-refractivity contribution in [1.29, 1.82) is 0 Å². The van der Waals surface area contributed by atoms with Crippen LogP contribution in [0.15, 0.2) is 0 Å². The zero-order valence-electron chi connectivity index (χ0n) is 38.3. The maximum Gasteiger partial charge on any atom is 0.306 e. The molecule has 0 aliphatic rings. The van der Waals surface area contributed by atoms with Gasteiger partial charge in [-0.1, -0.05) is 234 Å². The molecular weight excluding hydrogens is 697 g/mol. The summed E-state index contributed by atoms with van der Waals surface area (Å²) in [5.41, 5.74) is 0. The van der Waals surface area contributed by atoms with Gasteiger partial charge in [-0.15, -0.1) is 0 Å². The van der Waals surface area contributed by atoms with Crippen molar-refractivity contribution in [2.75, 3.05) is 13.2 Å². The minimum absolute atomic E-state index is 0.0648. The normalized spacial score (nSPS) is 12.1. The molecule has 0 aromatic carbocycles. The summed E-state index contributed by atoms with van der Waals surface area (Å²) in [4.78, 5) is 37.7. The maximum absolute atomic E-state index is 12.7. The lowest BCUT2D eigenvalue weighted by Crippen LogP contribution is -2.30. The fraction of sp³-hybridized carbons (Fsp3) is 0.940. The summed E-state index contributed by atoms with van der Waals surface area (Å²) in [6.07, 6.45) is 42.5. The van der Waals surface area contributed by atoms with Crippen molar-refractivity contribution in [3.8, 4) is 0 Å². The second kappa shape index (κ2) is 43.0. The van der Waals surface area contributed by atoms with Crippen molar-refractivity contribution < 1.29 is 28.6 Å². The van der Waals surface area contributed by atoms with Gasteiger partial charge in [-0.05, 0) is 31.1 Å². The molecule has 0 unspecified atom stereocenters. The minimum Gasteiger partial charge on any atom is -0.462 e. The maximum atomic E-state index is 12.7. The van der Waals surface area contributed by atoms with E-state index >= 15 is 0 Å². The van der Waals surface area contributed by atoms with Crippen LogP contribution in [0.25, 0.3) is 0 Å². The van der Waals surface area contributed by atoms with Gasteiger partial charge in [0.1, 0.15) is 13.2 Å². The minimum atomic E-state index is -0.760. The molecule has 0 saturated carbocycles. The number of carbonyl (C=O) groups is 3. The monoisotopic (exact) mass is 793 g/mol. The number of carbonyl (C=O) groups excluding carboxylic acids is 3. The first-order chi connectivity index (χ1) is 27.2. The highest BCUT2D eigenvalue weighted by Crippen LogP contribution is 2.17. The Morgan fingerprint density at radius 2 is 0.589 bits per heavy atom. The average molecular weight is 793 g/mol. The summed E-state index contributed by atoms with van der Waals surface area (Å²) in [7, 11) is 0. The van der Waals surface area contributed by atoms with Crippen LogP contribution in [0.1, 0.15) is 272 Å². The quantitative estimate of drug-likeness (QED) is 0.0347. The largest absolute Gasteiger partial charge is 0.462 e. The summed E-state index contributed by atoms with van der Waals surface area (Å²) in [6.45, 7) is 11.3. The molecule has 1 atom stereocenters. The van der Waals surface area contributed by atoms with Gasteiger partial charge in [-0.3, -0.25) is 14.4 Å². The Morgan fingerprint density at radius 3 is 0.875 bits per heavy atom. The molecule has 0 bridgehead atoms. The summed E-state index contributed by atoms with van der Waals surface area (Å²) in [6, 6.07) is 0. The Labute approximate surface area is 348 Å². The van der Waals surface area contributed by atoms with E-state index in [1.807, 2.05) is 0 Å². The summed E-state index contributed by atoms with van der Waals surface area (Å²) in [5, 5.41) is 0. The first-order valence-corrected chi connectivity index (χ1v) is 24.7. The van der Waals surface area contributed by atoms with E-state index in [1.54, 1.807) is 0 Å². The third-order valence-electron chi connectivity index (χ3n) is 11.2. The summed E-state index contributed by atoms with van der Waals surface area (Å²) < 4.78 is 16.7. The first-order valence-electron chi connectivity index (χ1n) is 24.7. The van der Waals surface area contributed by atoms with Crippen LogP contribution in [0.3, 0.4) is 0 Å². The van der Waals surface area contributed by atoms with E-state index in [0.717, 1.165) is 69.6 Å². The van der Waals surface area contributed by atoms with Crippen LogP contribution < -0.4 is 0 Å². The molecule has 0 N–H and O–H groups in total. The Kier molecular flexibility index (Phi) is 41.8. The SMILES string of the molecule is CCCCCCCCCCCC(=O)OC[C@H](COC(=O)CCCCCCCCCC(C)C)OC(=O)CCCCCCCCCCCCCCCCCCC(C)C. The van der Waals surface area contributed by atoms with E-state index in [-0.39, 0.29) is 31.1 Å². The molecule has 332 valence electrons. The van der Waals surface area contributed by atoms with Crippen LogP contribution in [0.4, 0.5) is 0 Å². The Balaban J connectivity index is 4.22. The van der Waals surface area contributed by atoms with Crippen molar-refractivity contribution in [3.05, 3.63) is 0 Å². The molecule has 0 fully saturated rings. The zero-order valence-corrected chi connectivity index (χ0v) is 38.3. The standard InChI is InChI=1S/C50H96O6/c1-6-7-8-9-10-19-25-30-35-40-48(51)54-43-47(44-55-49(52)41-36-31-27-22-24-29-34-39-46(4)5)56-50(53)42-37-32-26-21-18-16-14-12-11-13-15-17-20-23-28-33-38-45(2)3/h45-47H,6-44H2,1-5H3/t47-/m1/s1. The number of rotatable bonds is 44. The molecule has 0 aliphatic heterocycles. The van der Waals surface area contributed by atoms with Crippen LogP contribution in [-0.4, -0.2) is 37.2 Å². The molecule has 0 spiro atoms. The van der Waals surface area contributed by atoms with Gasteiger partial charge in [-0.2, -0.15) is 0 Å². The van der Waals surface area contributed by atoms with Crippen LogP contribution in [0.5, 0.6) is 0 Å². The fourth-order valence-electron chi connectivity index (χ4n) is 7.46. The predicted octanol–water partition coefficient (Wildman–Crippen LogP) is 15.8. The van der Waals surface area contributed by atoms with E-state index in [9.17, 15) is 14.4 Å². The molecule has 0 aromatic rings. The van der Waals surface area contributed by atoms with Gasteiger partial charge >= 0.3 is 17.9 Å². The number of ether oxygens (including phenoxy) is 3. The van der Waals surface area contributed by atoms with Crippen molar-refractivity contribution in [3.63, 3.8) is 0 Å². The molecule has 0 saturated heterocycles. The second-order valence-electron chi connectivity index (χ2n) is 18.1. The van der Waals surface area contributed by atoms with E-state index in [4.69, 9.17) is 14.2 Å². The summed E-state index contributed by atoms with van der Waals surface area (Å²) >= 11 is 0. The third kappa shape index (κ3) is 43.5. The first kappa shape index (κ1) is 54.4. The van der Waals surface area contributed by atoms with Gasteiger partial charge in [0.05, 0.1) is 0 Å². The van der Waals surface area contributed by atoms with Crippen molar-refractivity contribution in [1.82, 2.24) is 0 Å². The van der Waals surface area contributed by atoms with Gasteiger partial charge in [0, 0.05) is 19.3 Å². The van der Waals surface area contributed by atoms with Crippen molar-refractivity contribution in [2.45, 2.75) is 278 Å². The second-order valence-corrected chi connectivity index (χ2v) is 18.1. The Bertz CT molecular complexity index is 854. The number of unbranched alkanes of at least 4 members (excludes halogenated alkanes) is 29. The van der Waals surface area contributed by atoms with Crippen LogP contribution in [0.2, 0.25) is 0 Å². The van der Waals surface area contributed by atoms with Gasteiger partial charge in [0.2, 0.25) is 0 Å². The van der Waals surface area contributed by atoms with Crippen LogP contribution >= 0.6 is 0 Å². The lowest BCUT2D eigenvalue weighted by molar-refractivity contribution is -0.167. The Morgan fingerprint density at radius 1 is 0.339 bits per heavy atom. The van der Waals surface area contributed by atoms with E-state index in [0.29, 0.717) is 19.3 Å². The van der Waals surface area contributed by atoms with E-state index in [1.165, 1.54) is 161 Å². The number of hydrogen-bond donors (Lipinski definition) is 0. The van der Waals surface area contributed by atoms with Crippen molar-refractivity contribution >= 4 is 17.9 Å². The third-order valence-corrected chi connectivity index (χ3v) is 11.2.